The number of aromatic nitrogens is 1. The second-order valence-electron chi connectivity index (χ2n) is 7.32. The van der Waals surface area contributed by atoms with Crippen molar-refractivity contribution in [2.45, 2.75) is 38.2 Å². The van der Waals surface area contributed by atoms with Crippen LogP contribution in [0.1, 0.15) is 36.1 Å². The number of ether oxygens (including phenoxy) is 2. The summed E-state index contributed by atoms with van der Waals surface area (Å²) in [6.07, 6.45) is 3.91. The average Bonchev–Trinajstić information content (AvgIpc) is 3.15. The summed E-state index contributed by atoms with van der Waals surface area (Å²) in [5.74, 6) is 1.62. The lowest BCUT2D eigenvalue weighted by atomic mass is 9.87. The van der Waals surface area contributed by atoms with Gasteiger partial charge in [-0.3, -0.25) is 9.78 Å². The predicted molar refractivity (Wildman–Crippen MR) is 99.6 cm³/mol. The van der Waals surface area contributed by atoms with Crippen LogP contribution in [0.25, 0.3) is 0 Å². The molecule has 0 saturated carbocycles. The molecule has 0 aliphatic carbocycles. The zero-order valence-electron chi connectivity index (χ0n) is 15.5. The van der Waals surface area contributed by atoms with Crippen LogP contribution in [0.15, 0.2) is 36.5 Å². The van der Waals surface area contributed by atoms with Crippen LogP contribution in [0.2, 0.25) is 0 Å². The molecule has 0 radical (unpaired) electrons. The van der Waals surface area contributed by atoms with Gasteiger partial charge in [-0.1, -0.05) is 12.1 Å². The molecule has 1 aromatic carbocycles. The minimum atomic E-state index is -0.943. The summed E-state index contributed by atoms with van der Waals surface area (Å²) in [7, 11) is 0. The highest BCUT2D eigenvalue weighted by Crippen LogP contribution is 2.34. The van der Waals surface area contributed by atoms with E-state index in [4.69, 9.17) is 9.47 Å². The molecular weight excluding hydrogens is 344 g/mol. The van der Waals surface area contributed by atoms with E-state index in [0.717, 1.165) is 22.6 Å². The van der Waals surface area contributed by atoms with Gasteiger partial charge in [0, 0.05) is 25.7 Å². The second-order valence-corrected chi connectivity index (χ2v) is 7.32. The number of aliphatic hydroxyl groups is 1. The molecule has 2 aliphatic rings. The number of nitrogens with zero attached hydrogens (tertiary/aromatic N) is 2. The molecule has 142 valence electrons. The lowest BCUT2D eigenvalue weighted by molar-refractivity contribution is -0.135. The van der Waals surface area contributed by atoms with Gasteiger partial charge in [0.2, 0.25) is 12.7 Å². The molecule has 4 rings (SSSR count). The average molecular weight is 368 g/mol. The van der Waals surface area contributed by atoms with Crippen molar-refractivity contribution in [2.75, 3.05) is 19.9 Å². The highest BCUT2D eigenvalue weighted by molar-refractivity contribution is 5.76. The van der Waals surface area contributed by atoms with E-state index in [-0.39, 0.29) is 12.7 Å². The highest BCUT2D eigenvalue weighted by atomic mass is 16.7. The van der Waals surface area contributed by atoms with Gasteiger partial charge in [-0.15, -0.1) is 0 Å². The van der Waals surface area contributed by atoms with Gasteiger partial charge in [-0.2, -0.15) is 0 Å². The quantitative estimate of drug-likeness (QED) is 0.898. The molecule has 2 aliphatic heterocycles. The van der Waals surface area contributed by atoms with E-state index < -0.39 is 5.60 Å². The summed E-state index contributed by atoms with van der Waals surface area (Å²) < 4.78 is 10.7. The van der Waals surface area contributed by atoms with Crippen molar-refractivity contribution in [1.29, 1.82) is 0 Å². The van der Waals surface area contributed by atoms with E-state index in [1.54, 1.807) is 6.20 Å². The molecule has 1 N–H and O–H groups in total. The number of hydrogen-bond donors (Lipinski definition) is 1. The van der Waals surface area contributed by atoms with E-state index in [9.17, 15) is 9.90 Å². The predicted octanol–water partition coefficient (Wildman–Crippen LogP) is 2.56. The maximum Gasteiger partial charge on any atom is 0.231 e. The summed E-state index contributed by atoms with van der Waals surface area (Å²) in [5.41, 5.74) is 1.88. The Balaban J connectivity index is 1.31. The Bertz CT molecular complexity index is 827. The largest absolute Gasteiger partial charge is 0.454 e. The number of hydrogen-bond acceptors (Lipinski definition) is 5. The number of aryl methyl sites for hydroxylation is 2. The molecule has 3 heterocycles. The minimum absolute atomic E-state index is 0.117. The third-order valence-corrected chi connectivity index (χ3v) is 5.40. The number of carbonyl (C=O) groups excluding carboxylic acids is 1. The lowest BCUT2D eigenvalue weighted by Gasteiger charge is -2.38. The minimum Gasteiger partial charge on any atom is -0.454 e. The van der Waals surface area contributed by atoms with Crippen molar-refractivity contribution < 1.29 is 19.4 Å². The first-order valence-corrected chi connectivity index (χ1v) is 9.35. The summed E-state index contributed by atoms with van der Waals surface area (Å²) >= 11 is 0. The zero-order chi connectivity index (χ0) is 18.9. The fraction of sp³-hybridized carbons (Fsp3) is 0.429. The van der Waals surface area contributed by atoms with Crippen molar-refractivity contribution >= 4 is 5.91 Å². The van der Waals surface area contributed by atoms with Gasteiger partial charge >= 0.3 is 0 Å². The Kier molecular flexibility index (Phi) is 4.74. The van der Waals surface area contributed by atoms with E-state index in [2.05, 4.69) is 4.98 Å². The Labute approximate surface area is 158 Å². The standard InChI is InChI=1S/C21H24N2O4/c1-15-2-6-19(22-13-15)21(25)8-10-23(11-9-21)20(24)7-4-16-3-5-17-18(12-16)27-14-26-17/h2-3,5-6,12-13,25H,4,7-11,14H2,1H3. The fourth-order valence-corrected chi connectivity index (χ4v) is 3.63. The molecule has 27 heavy (non-hydrogen) atoms. The summed E-state index contributed by atoms with van der Waals surface area (Å²) in [5, 5.41) is 10.9. The van der Waals surface area contributed by atoms with Crippen molar-refractivity contribution in [3.63, 3.8) is 0 Å². The van der Waals surface area contributed by atoms with Crippen LogP contribution >= 0.6 is 0 Å². The van der Waals surface area contributed by atoms with Crippen LogP contribution in [-0.4, -0.2) is 40.8 Å². The van der Waals surface area contributed by atoms with Gasteiger partial charge in [-0.25, -0.2) is 0 Å². The molecule has 0 spiro atoms. The Morgan fingerprint density at radius 2 is 1.96 bits per heavy atom. The maximum absolute atomic E-state index is 12.6. The third kappa shape index (κ3) is 3.76. The van der Waals surface area contributed by atoms with E-state index in [1.165, 1.54) is 0 Å². The number of piperidine rings is 1. The summed E-state index contributed by atoms with van der Waals surface area (Å²) in [6, 6.07) is 9.64. The summed E-state index contributed by atoms with van der Waals surface area (Å²) in [4.78, 5) is 18.8. The van der Waals surface area contributed by atoms with Gasteiger partial charge in [0.15, 0.2) is 11.5 Å². The number of benzene rings is 1. The van der Waals surface area contributed by atoms with Crippen LogP contribution in [0, 0.1) is 6.92 Å². The van der Waals surface area contributed by atoms with E-state index in [1.807, 2.05) is 42.2 Å². The molecule has 6 nitrogen and oxygen atoms in total. The van der Waals surface area contributed by atoms with Crippen LogP contribution in [0.3, 0.4) is 0 Å². The maximum atomic E-state index is 12.6. The van der Waals surface area contributed by atoms with Crippen LogP contribution in [0.5, 0.6) is 11.5 Å². The van der Waals surface area contributed by atoms with Crippen molar-refractivity contribution in [3.8, 4) is 11.5 Å². The first kappa shape index (κ1) is 17.8. The van der Waals surface area contributed by atoms with Gasteiger partial charge in [0.25, 0.3) is 0 Å². The van der Waals surface area contributed by atoms with E-state index >= 15 is 0 Å². The third-order valence-electron chi connectivity index (χ3n) is 5.40. The lowest BCUT2D eigenvalue weighted by Crippen LogP contribution is -2.45. The molecule has 1 amide bonds. The number of pyridine rings is 1. The van der Waals surface area contributed by atoms with Crippen molar-refractivity contribution in [2.24, 2.45) is 0 Å². The van der Waals surface area contributed by atoms with Gasteiger partial charge in [0.05, 0.1) is 5.69 Å². The molecule has 1 saturated heterocycles. The number of rotatable bonds is 4. The van der Waals surface area contributed by atoms with Gasteiger partial charge in [-0.05, 0) is 55.5 Å². The smallest absolute Gasteiger partial charge is 0.231 e. The molecule has 1 fully saturated rings. The van der Waals surface area contributed by atoms with E-state index in [0.29, 0.717) is 44.5 Å². The number of likely N-dealkylation sites (tertiary alicyclic amines) is 1. The van der Waals surface area contributed by atoms with Crippen molar-refractivity contribution in [1.82, 2.24) is 9.88 Å². The highest BCUT2D eigenvalue weighted by Gasteiger charge is 2.36. The Morgan fingerprint density at radius 3 is 2.70 bits per heavy atom. The fourth-order valence-electron chi connectivity index (χ4n) is 3.63. The topological polar surface area (TPSA) is 71.9 Å². The monoisotopic (exact) mass is 368 g/mol. The van der Waals surface area contributed by atoms with Crippen LogP contribution in [-0.2, 0) is 16.8 Å². The van der Waals surface area contributed by atoms with Crippen LogP contribution < -0.4 is 9.47 Å². The Hall–Kier alpha value is -2.60. The molecular formula is C21H24N2O4. The first-order valence-electron chi connectivity index (χ1n) is 9.35. The number of fused-ring (bicyclic) bond motifs is 1. The molecule has 2 aromatic rings. The molecule has 6 heteroatoms. The first-order chi connectivity index (χ1) is 13.0. The second kappa shape index (κ2) is 7.19. The van der Waals surface area contributed by atoms with Gasteiger partial charge < -0.3 is 19.5 Å². The summed E-state index contributed by atoms with van der Waals surface area (Å²) in [6.45, 7) is 3.32. The number of carbonyl (C=O) groups is 1. The Morgan fingerprint density at radius 1 is 1.19 bits per heavy atom. The molecule has 0 bridgehead atoms. The van der Waals surface area contributed by atoms with Crippen molar-refractivity contribution in [3.05, 3.63) is 53.3 Å². The number of amides is 1. The molecule has 0 unspecified atom stereocenters. The molecule has 1 aromatic heterocycles. The zero-order valence-corrected chi connectivity index (χ0v) is 15.5. The van der Waals surface area contributed by atoms with Gasteiger partial charge in [0.1, 0.15) is 5.60 Å². The molecule has 0 atom stereocenters. The normalized spacial score (nSPS) is 17.8. The SMILES string of the molecule is Cc1ccc(C2(O)CCN(C(=O)CCc3ccc4c(c3)OCO4)CC2)nc1. The van der Waals surface area contributed by atoms with Crippen LogP contribution in [0.4, 0.5) is 0 Å².